The van der Waals surface area contributed by atoms with Crippen molar-refractivity contribution in [3.8, 4) is 0 Å². The molecule has 0 aromatic heterocycles. The lowest BCUT2D eigenvalue weighted by atomic mass is 10.1. The molecule has 4 nitrogen and oxygen atoms in total. The number of halogens is 3. The maximum Gasteiger partial charge on any atom is 0.242 e. The minimum absolute atomic E-state index is 0.0127. The number of hydrogen-bond acceptors (Lipinski definition) is 3. The van der Waals surface area contributed by atoms with Gasteiger partial charge in [-0.05, 0) is 50.1 Å². The van der Waals surface area contributed by atoms with Crippen LogP contribution in [0, 0.1) is 0 Å². The van der Waals surface area contributed by atoms with Crippen molar-refractivity contribution < 1.29 is 9.59 Å². The Labute approximate surface area is 197 Å². The molecule has 30 heavy (non-hydrogen) atoms. The number of nitrogens with one attached hydrogen (secondary N) is 1. The van der Waals surface area contributed by atoms with Gasteiger partial charge in [-0.25, -0.2) is 0 Å². The average molecular weight is 488 g/mol. The Morgan fingerprint density at radius 3 is 2.33 bits per heavy atom. The molecule has 0 radical (unpaired) electrons. The number of thioether (sulfide) groups is 1. The molecule has 2 rings (SSSR count). The summed E-state index contributed by atoms with van der Waals surface area (Å²) in [5.41, 5.74) is 1.77. The summed E-state index contributed by atoms with van der Waals surface area (Å²) >= 11 is 19.7. The van der Waals surface area contributed by atoms with E-state index >= 15 is 0 Å². The van der Waals surface area contributed by atoms with Crippen LogP contribution < -0.4 is 5.32 Å². The Kier molecular flexibility index (Phi) is 9.82. The van der Waals surface area contributed by atoms with Crippen LogP contribution in [0.4, 0.5) is 0 Å². The van der Waals surface area contributed by atoms with Crippen LogP contribution in [-0.2, 0) is 21.9 Å². The van der Waals surface area contributed by atoms with Crippen molar-refractivity contribution in [2.24, 2.45) is 0 Å². The molecule has 2 aromatic rings. The Morgan fingerprint density at radius 1 is 1.00 bits per heavy atom. The summed E-state index contributed by atoms with van der Waals surface area (Å²) in [6.45, 7) is 5.77. The lowest BCUT2D eigenvalue weighted by Gasteiger charge is -2.29. The van der Waals surface area contributed by atoms with Gasteiger partial charge in [0.2, 0.25) is 11.8 Å². The summed E-state index contributed by atoms with van der Waals surface area (Å²) in [5, 5.41) is 4.42. The normalized spacial score (nSPS) is 12.0. The molecular formula is C22H25Cl3N2O2S. The maximum absolute atomic E-state index is 13.0. The fourth-order valence-corrected chi connectivity index (χ4v) is 4.14. The molecule has 1 N–H and O–H groups in total. The van der Waals surface area contributed by atoms with E-state index in [1.165, 1.54) is 11.8 Å². The zero-order valence-corrected chi connectivity index (χ0v) is 20.2. The highest BCUT2D eigenvalue weighted by atomic mass is 35.5. The van der Waals surface area contributed by atoms with Crippen LogP contribution >= 0.6 is 46.6 Å². The first kappa shape index (κ1) is 24.9. The highest BCUT2D eigenvalue weighted by molar-refractivity contribution is 7.99. The largest absolute Gasteiger partial charge is 0.352 e. The van der Waals surface area contributed by atoms with Crippen molar-refractivity contribution in [2.45, 2.75) is 45.2 Å². The van der Waals surface area contributed by atoms with Crippen LogP contribution in [0.25, 0.3) is 0 Å². The molecule has 2 aromatic carbocycles. The zero-order chi connectivity index (χ0) is 22.3. The van der Waals surface area contributed by atoms with Gasteiger partial charge in [-0.2, -0.15) is 0 Å². The van der Waals surface area contributed by atoms with Gasteiger partial charge < -0.3 is 10.2 Å². The van der Waals surface area contributed by atoms with E-state index < -0.39 is 6.04 Å². The van der Waals surface area contributed by atoms with Crippen molar-refractivity contribution in [3.63, 3.8) is 0 Å². The van der Waals surface area contributed by atoms with E-state index in [1.807, 2.05) is 38.1 Å². The van der Waals surface area contributed by atoms with Crippen LogP contribution in [0.5, 0.6) is 0 Å². The van der Waals surface area contributed by atoms with Crippen LogP contribution in [-0.4, -0.2) is 34.6 Å². The topological polar surface area (TPSA) is 49.4 Å². The second-order valence-corrected chi connectivity index (χ2v) is 9.40. The molecule has 0 spiro atoms. The van der Waals surface area contributed by atoms with Gasteiger partial charge in [-0.1, -0.05) is 59.1 Å². The molecule has 0 saturated heterocycles. The van der Waals surface area contributed by atoms with Crippen LogP contribution in [0.15, 0.2) is 42.5 Å². The minimum Gasteiger partial charge on any atom is -0.352 e. The summed E-state index contributed by atoms with van der Waals surface area (Å²) in [6.07, 6.45) is 0. The van der Waals surface area contributed by atoms with E-state index in [0.717, 1.165) is 11.1 Å². The molecule has 0 saturated carbocycles. The van der Waals surface area contributed by atoms with Gasteiger partial charge in [0.1, 0.15) is 6.04 Å². The summed E-state index contributed by atoms with van der Waals surface area (Å²) in [4.78, 5) is 27.2. The van der Waals surface area contributed by atoms with Gasteiger partial charge in [-0.3, -0.25) is 9.59 Å². The number of amides is 2. The predicted octanol–water partition coefficient (Wildman–Crippen LogP) is 5.82. The summed E-state index contributed by atoms with van der Waals surface area (Å²) < 4.78 is 0. The number of nitrogens with zero attached hydrogens (tertiary/aromatic N) is 1. The second kappa shape index (κ2) is 11.8. The highest BCUT2D eigenvalue weighted by Gasteiger charge is 2.26. The first-order valence-corrected chi connectivity index (χ1v) is 11.8. The van der Waals surface area contributed by atoms with Gasteiger partial charge in [0.05, 0.1) is 15.8 Å². The van der Waals surface area contributed by atoms with Crippen LogP contribution in [0.3, 0.4) is 0 Å². The fraction of sp³-hybridized carbons (Fsp3) is 0.364. The van der Waals surface area contributed by atoms with Gasteiger partial charge in [0.25, 0.3) is 0 Å². The molecule has 1 atom stereocenters. The second-order valence-electron chi connectivity index (χ2n) is 7.19. The van der Waals surface area contributed by atoms with Crippen molar-refractivity contribution in [2.75, 3.05) is 5.75 Å². The standard InChI is InChI=1S/C22H25Cl3N2O2S/c1-14(2)26-22(29)15(3)27(11-17-6-4-5-7-18(17)23)21(28)13-30-12-16-8-9-19(24)20(25)10-16/h4-10,14-15H,11-13H2,1-3H3,(H,26,29)/t15-/m1/s1. The zero-order valence-electron chi connectivity index (χ0n) is 17.1. The van der Waals surface area contributed by atoms with Gasteiger partial charge in [-0.15, -0.1) is 11.8 Å². The van der Waals surface area contributed by atoms with E-state index in [-0.39, 0.29) is 30.2 Å². The first-order valence-electron chi connectivity index (χ1n) is 9.54. The Bertz CT molecular complexity index is 892. The lowest BCUT2D eigenvalue weighted by molar-refractivity contribution is -0.138. The summed E-state index contributed by atoms with van der Waals surface area (Å²) in [5.74, 6) is 0.505. The van der Waals surface area contributed by atoms with Crippen molar-refractivity contribution >= 4 is 58.4 Å². The molecule has 0 heterocycles. The number of rotatable bonds is 9. The van der Waals surface area contributed by atoms with Crippen molar-refractivity contribution in [1.29, 1.82) is 0 Å². The average Bonchev–Trinajstić information content (AvgIpc) is 2.69. The van der Waals surface area contributed by atoms with Gasteiger partial charge >= 0.3 is 0 Å². The van der Waals surface area contributed by atoms with Gasteiger partial charge in [0, 0.05) is 23.4 Å². The van der Waals surface area contributed by atoms with E-state index in [1.54, 1.807) is 30.0 Å². The monoisotopic (exact) mass is 486 g/mol. The number of benzene rings is 2. The van der Waals surface area contributed by atoms with Gasteiger partial charge in [0.15, 0.2) is 0 Å². The van der Waals surface area contributed by atoms with E-state index in [9.17, 15) is 9.59 Å². The Morgan fingerprint density at radius 2 is 1.70 bits per heavy atom. The maximum atomic E-state index is 13.0. The number of carbonyl (C=O) groups excluding carboxylic acids is 2. The van der Waals surface area contributed by atoms with Crippen LogP contribution in [0.2, 0.25) is 15.1 Å². The molecule has 0 fully saturated rings. The SMILES string of the molecule is CC(C)NC(=O)[C@@H](C)N(Cc1ccccc1Cl)C(=O)CSCc1ccc(Cl)c(Cl)c1. The third-order valence-electron chi connectivity index (χ3n) is 4.38. The molecule has 8 heteroatoms. The Hall–Kier alpha value is -1.40. The number of hydrogen-bond donors (Lipinski definition) is 1. The van der Waals surface area contributed by atoms with E-state index in [4.69, 9.17) is 34.8 Å². The van der Waals surface area contributed by atoms with Crippen molar-refractivity contribution in [1.82, 2.24) is 10.2 Å². The van der Waals surface area contributed by atoms with E-state index in [2.05, 4.69) is 5.32 Å². The van der Waals surface area contributed by atoms with Crippen LogP contribution in [0.1, 0.15) is 31.9 Å². The molecule has 0 bridgehead atoms. The smallest absolute Gasteiger partial charge is 0.242 e. The molecular weight excluding hydrogens is 463 g/mol. The molecule has 0 unspecified atom stereocenters. The molecule has 2 amide bonds. The third-order valence-corrected chi connectivity index (χ3v) is 6.47. The van der Waals surface area contributed by atoms with E-state index in [0.29, 0.717) is 20.8 Å². The van der Waals surface area contributed by atoms with Crippen molar-refractivity contribution in [3.05, 3.63) is 68.7 Å². The lowest BCUT2D eigenvalue weighted by Crippen LogP contribution is -2.49. The molecule has 0 aliphatic heterocycles. The predicted molar refractivity (Wildman–Crippen MR) is 127 cm³/mol. The summed E-state index contributed by atoms with van der Waals surface area (Å²) in [7, 11) is 0. The number of carbonyl (C=O) groups is 2. The summed E-state index contributed by atoms with van der Waals surface area (Å²) in [6, 6.07) is 12.1. The molecule has 0 aliphatic carbocycles. The molecule has 162 valence electrons. The fourth-order valence-electron chi connectivity index (χ4n) is 2.77. The quantitative estimate of drug-likeness (QED) is 0.485. The first-order chi connectivity index (χ1) is 14.2. The highest BCUT2D eigenvalue weighted by Crippen LogP contribution is 2.25. The molecule has 0 aliphatic rings. The Balaban J connectivity index is 2.09. The third kappa shape index (κ3) is 7.38. The minimum atomic E-state index is -0.623.